The molecule has 0 radical (unpaired) electrons. The van der Waals surface area contributed by atoms with Gasteiger partial charge in [-0.2, -0.15) is 0 Å². The van der Waals surface area contributed by atoms with Gasteiger partial charge in [0.2, 0.25) is 5.91 Å². The van der Waals surface area contributed by atoms with Crippen LogP contribution in [0.1, 0.15) is 32.1 Å². The van der Waals surface area contributed by atoms with E-state index < -0.39 is 11.2 Å². The second kappa shape index (κ2) is 6.84. The zero-order chi connectivity index (χ0) is 17.3. The van der Waals surface area contributed by atoms with Crippen molar-refractivity contribution in [2.75, 3.05) is 5.75 Å². The summed E-state index contributed by atoms with van der Waals surface area (Å²) in [5.74, 6) is 0.194. The van der Waals surface area contributed by atoms with Crippen LogP contribution in [0.25, 0.3) is 11.2 Å². The Labute approximate surface area is 142 Å². The molecule has 0 unspecified atom stereocenters. The molecular formula is C15H21N5O3S. The van der Waals surface area contributed by atoms with Gasteiger partial charge in [0.05, 0.1) is 5.75 Å². The monoisotopic (exact) mass is 351 g/mol. The average molecular weight is 351 g/mol. The smallest absolute Gasteiger partial charge is 0.332 e. The van der Waals surface area contributed by atoms with E-state index in [1.165, 1.54) is 42.6 Å². The number of hydrogen-bond acceptors (Lipinski definition) is 5. The summed E-state index contributed by atoms with van der Waals surface area (Å²) in [4.78, 5) is 43.2. The van der Waals surface area contributed by atoms with Gasteiger partial charge in [-0.15, -0.1) is 0 Å². The Kier molecular flexibility index (Phi) is 4.79. The van der Waals surface area contributed by atoms with E-state index >= 15 is 0 Å². The molecule has 0 saturated heterocycles. The third-order valence-corrected chi connectivity index (χ3v) is 5.26. The predicted octanol–water partition coefficient (Wildman–Crippen LogP) is 0.501. The molecule has 3 rings (SSSR count). The number of thioether (sulfide) groups is 1. The lowest BCUT2D eigenvalue weighted by molar-refractivity contribution is -0.119. The Morgan fingerprint density at radius 2 is 1.96 bits per heavy atom. The molecule has 1 aliphatic carbocycles. The van der Waals surface area contributed by atoms with Crippen molar-refractivity contribution in [3.63, 3.8) is 0 Å². The molecule has 130 valence electrons. The van der Waals surface area contributed by atoms with Gasteiger partial charge in [0, 0.05) is 20.1 Å². The van der Waals surface area contributed by atoms with Crippen molar-refractivity contribution in [1.82, 2.24) is 24.4 Å². The van der Waals surface area contributed by atoms with Gasteiger partial charge in [-0.3, -0.25) is 18.7 Å². The third-order valence-electron chi connectivity index (χ3n) is 4.38. The number of aryl methyl sites for hydroxylation is 1. The van der Waals surface area contributed by atoms with Crippen LogP contribution in [0.5, 0.6) is 0 Å². The first-order chi connectivity index (χ1) is 11.5. The van der Waals surface area contributed by atoms with Crippen molar-refractivity contribution < 1.29 is 4.79 Å². The molecule has 8 nitrogen and oxygen atoms in total. The van der Waals surface area contributed by atoms with Gasteiger partial charge >= 0.3 is 5.69 Å². The number of imidazole rings is 1. The van der Waals surface area contributed by atoms with E-state index in [-0.39, 0.29) is 23.2 Å². The van der Waals surface area contributed by atoms with Crippen LogP contribution in [0, 0.1) is 0 Å². The second-order valence-corrected chi connectivity index (χ2v) is 7.10. The van der Waals surface area contributed by atoms with Crippen molar-refractivity contribution >= 4 is 28.8 Å². The molecule has 2 aromatic heterocycles. The number of rotatable bonds is 4. The quantitative estimate of drug-likeness (QED) is 0.781. The summed E-state index contributed by atoms with van der Waals surface area (Å²) in [6.45, 7) is 0. The molecule has 0 spiro atoms. The third kappa shape index (κ3) is 3.26. The summed E-state index contributed by atoms with van der Waals surface area (Å²) in [5, 5.41) is 3.50. The molecule has 2 aromatic rings. The summed E-state index contributed by atoms with van der Waals surface area (Å²) in [6.07, 6.45) is 5.66. The Balaban J connectivity index is 1.71. The molecule has 24 heavy (non-hydrogen) atoms. The molecule has 0 bridgehead atoms. The Morgan fingerprint density at radius 1 is 1.25 bits per heavy atom. The maximum atomic E-state index is 12.1. The first-order valence-corrected chi connectivity index (χ1v) is 9.04. The number of fused-ring (bicyclic) bond motifs is 1. The van der Waals surface area contributed by atoms with Gasteiger partial charge in [-0.05, 0) is 12.8 Å². The molecule has 2 N–H and O–H groups in total. The molecule has 1 fully saturated rings. The summed E-state index contributed by atoms with van der Waals surface area (Å²) in [5.41, 5.74) is -0.266. The number of hydrogen-bond donors (Lipinski definition) is 2. The fourth-order valence-electron chi connectivity index (χ4n) is 3.02. The zero-order valence-corrected chi connectivity index (χ0v) is 14.6. The first kappa shape index (κ1) is 16.8. The van der Waals surface area contributed by atoms with Crippen molar-refractivity contribution in [2.45, 2.75) is 43.3 Å². The molecule has 9 heteroatoms. The van der Waals surface area contributed by atoms with E-state index in [2.05, 4.69) is 15.3 Å². The number of nitrogens with zero attached hydrogens (tertiary/aromatic N) is 3. The maximum absolute atomic E-state index is 12.1. The Hall–Kier alpha value is -2.03. The van der Waals surface area contributed by atoms with Crippen LogP contribution in [0.15, 0.2) is 14.7 Å². The van der Waals surface area contributed by atoms with E-state index in [0.29, 0.717) is 10.8 Å². The number of amides is 1. The topological polar surface area (TPSA) is 102 Å². The van der Waals surface area contributed by atoms with Crippen molar-refractivity contribution in [3.8, 4) is 0 Å². The van der Waals surface area contributed by atoms with E-state index in [9.17, 15) is 14.4 Å². The van der Waals surface area contributed by atoms with Crippen LogP contribution < -0.4 is 16.6 Å². The van der Waals surface area contributed by atoms with Gasteiger partial charge in [-0.25, -0.2) is 9.78 Å². The molecule has 0 aromatic carbocycles. The van der Waals surface area contributed by atoms with E-state index in [0.717, 1.165) is 17.4 Å². The minimum atomic E-state index is -0.425. The van der Waals surface area contributed by atoms with Gasteiger partial charge in [0.15, 0.2) is 16.3 Å². The summed E-state index contributed by atoms with van der Waals surface area (Å²) < 4.78 is 2.35. The minimum Gasteiger partial charge on any atom is -0.353 e. The van der Waals surface area contributed by atoms with Crippen LogP contribution >= 0.6 is 11.8 Å². The molecule has 0 atom stereocenters. The standard InChI is InChI=1S/C15H21N5O3S/c1-19-12-11(13(22)20(2)15(19)23)17-14(18-12)24-8-10(21)16-9-6-4-3-5-7-9/h9H,3-8H2,1-2H3,(H,16,21)(H,17,18). The number of aromatic nitrogens is 4. The molecule has 1 aliphatic rings. The fourth-order valence-corrected chi connectivity index (χ4v) is 3.70. The van der Waals surface area contributed by atoms with E-state index in [4.69, 9.17) is 0 Å². The number of H-pyrrole nitrogens is 1. The highest BCUT2D eigenvalue weighted by Crippen LogP contribution is 2.19. The summed E-state index contributed by atoms with van der Waals surface area (Å²) in [6, 6.07) is 0.274. The van der Waals surface area contributed by atoms with Crippen LogP contribution in [0.2, 0.25) is 0 Å². The molecule has 2 heterocycles. The van der Waals surface area contributed by atoms with Crippen molar-refractivity contribution in [3.05, 3.63) is 20.8 Å². The maximum Gasteiger partial charge on any atom is 0.332 e. The number of aromatic amines is 1. The number of carbonyl (C=O) groups is 1. The lowest BCUT2D eigenvalue weighted by atomic mass is 9.95. The van der Waals surface area contributed by atoms with Crippen molar-refractivity contribution in [2.24, 2.45) is 14.1 Å². The van der Waals surface area contributed by atoms with Crippen LogP contribution in [-0.4, -0.2) is 36.8 Å². The lowest BCUT2D eigenvalue weighted by Gasteiger charge is -2.22. The molecule has 1 amide bonds. The molecule has 0 aliphatic heterocycles. The predicted molar refractivity (Wildman–Crippen MR) is 92.3 cm³/mol. The van der Waals surface area contributed by atoms with Crippen LogP contribution in [0.3, 0.4) is 0 Å². The number of carbonyl (C=O) groups excluding carboxylic acids is 1. The van der Waals surface area contributed by atoms with Crippen molar-refractivity contribution in [1.29, 1.82) is 0 Å². The van der Waals surface area contributed by atoms with Crippen LogP contribution in [-0.2, 0) is 18.9 Å². The van der Waals surface area contributed by atoms with Gasteiger partial charge < -0.3 is 10.3 Å². The Bertz CT molecular complexity index is 876. The largest absolute Gasteiger partial charge is 0.353 e. The van der Waals surface area contributed by atoms with E-state index in [1.807, 2.05) is 0 Å². The summed E-state index contributed by atoms with van der Waals surface area (Å²) in [7, 11) is 2.99. The van der Waals surface area contributed by atoms with Gasteiger partial charge in [0.25, 0.3) is 5.56 Å². The van der Waals surface area contributed by atoms with Gasteiger partial charge in [0.1, 0.15) is 0 Å². The highest BCUT2D eigenvalue weighted by Gasteiger charge is 2.17. The second-order valence-electron chi connectivity index (χ2n) is 6.14. The highest BCUT2D eigenvalue weighted by molar-refractivity contribution is 7.99. The van der Waals surface area contributed by atoms with E-state index in [1.54, 1.807) is 7.05 Å². The lowest BCUT2D eigenvalue weighted by Crippen LogP contribution is -2.37. The fraction of sp³-hybridized carbons (Fsp3) is 0.600. The minimum absolute atomic E-state index is 0.0332. The zero-order valence-electron chi connectivity index (χ0n) is 13.8. The average Bonchev–Trinajstić information content (AvgIpc) is 3.02. The van der Waals surface area contributed by atoms with Crippen LogP contribution in [0.4, 0.5) is 0 Å². The Morgan fingerprint density at radius 3 is 2.67 bits per heavy atom. The first-order valence-electron chi connectivity index (χ1n) is 8.05. The SMILES string of the molecule is Cn1c(=O)c2[nH]c(SCC(=O)NC3CCCCC3)nc2n(C)c1=O. The molecule has 1 saturated carbocycles. The normalized spacial score (nSPS) is 15.8. The van der Waals surface area contributed by atoms with Gasteiger partial charge in [-0.1, -0.05) is 31.0 Å². The molecular weight excluding hydrogens is 330 g/mol. The highest BCUT2D eigenvalue weighted by atomic mass is 32.2. The number of nitrogens with one attached hydrogen (secondary N) is 2. The summed E-state index contributed by atoms with van der Waals surface area (Å²) >= 11 is 1.23.